The number of carbonyl (C=O) groups is 1. The van der Waals surface area contributed by atoms with Gasteiger partial charge in [0.1, 0.15) is 11.9 Å². The average molecular weight is 442 g/mol. The van der Waals surface area contributed by atoms with Crippen LogP contribution in [0.4, 0.5) is 34.6 Å². The van der Waals surface area contributed by atoms with Gasteiger partial charge in [0.15, 0.2) is 5.69 Å². The number of likely N-dealkylation sites (tertiary alicyclic amines) is 1. The van der Waals surface area contributed by atoms with Gasteiger partial charge in [-0.1, -0.05) is 12.1 Å². The fourth-order valence-corrected chi connectivity index (χ4v) is 3.23. The number of rotatable bonds is 6. The number of nitro groups is 2. The van der Waals surface area contributed by atoms with Crippen LogP contribution in [0.25, 0.3) is 0 Å². The minimum atomic E-state index is -5.04. The molecule has 1 aliphatic rings. The Morgan fingerprint density at radius 3 is 2.10 bits per heavy atom. The second-order valence-electron chi connectivity index (χ2n) is 6.77. The summed E-state index contributed by atoms with van der Waals surface area (Å²) in [6.07, 6.45) is -4.93. The normalized spacial score (nSPS) is 16.5. The summed E-state index contributed by atoms with van der Waals surface area (Å²) < 4.78 is 52.0. The molecule has 2 aromatic carbocycles. The monoisotopic (exact) mass is 442 g/mol. The number of benzene rings is 2. The van der Waals surface area contributed by atoms with E-state index in [-0.39, 0.29) is 31.6 Å². The van der Waals surface area contributed by atoms with Crippen molar-refractivity contribution < 1.29 is 32.2 Å². The smallest absolute Gasteiger partial charge is 0.362 e. The van der Waals surface area contributed by atoms with Crippen LogP contribution in [0, 0.1) is 26.0 Å². The molecule has 1 N–H and O–H groups in total. The number of hydrogen-bond donors (Lipinski definition) is 1. The van der Waals surface area contributed by atoms with Gasteiger partial charge in [-0.2, -0.15) is 13.2 Å². The van der Waals surface area contributed by atoms with Crippen molar-refractivity contribution >= 4 is 23.0 Å². The van der Waals surface area contributed by atoms with Gasteiger partial charge in [0.2, 0.25) is 5.91 Å². The summed E-state index contributed by atoms with van der Waals surface area (Å²) in [5.74, 6) is -1.01. The third kappa shape index (κ3) is 4.70. The van der Waals surface area contributed by atoms with Crippen molar-refractivity contribution in [3.8, 4) is 0 Å². The third-order valence-corrected chi connectivity index (χ3v) is 4.72. The van der Waals surface area contributed by atoms with E-state index in [1.54, 1.807) is 0 Å². The van der Waals surface area contributed by atoms with Crippen molar-refractivity contribution in [2.75, 3.05) is 11.9 Å². The van der Waals surface area contributed by atoms with Crippen LogP contribution in [0.2, 0.25) is 0 Å². The number of nitrogens with one attached hydrogen (secondary N) is 1. The van der Waals surface area contributed by atoms with Crippen molar-refractivity contribution in [1.82, 2.24) is 4.90 Å². The summed E-state index contributed by atoms with van der Waals surface area (Å²) in [6, 6.07) is 4.61. The van der Waals surface area contributed by atoms with Crippen LogP contribution in [0.3, 0.4) is 0 Å². The molecule has 1 saturated heterocycles. The Bertz CT molecular complexity index is 1010. The number of nitrogens with zero attached hydrogens (tertiary/aromatic N) is 3. The maximum Gasteiger partial charge on any atom is 0.416 e. The standard InChI is InChI=1S/C18H14F4N4O5/c19-12-3-1-10(2-4-12)9-24-6-5-13(17(24)27)23-16-14(25(28)29)7-11(18(20,21)22)8-15(16)26(30)31/h1-4,7-8,13,23H,5-6,9H2. The Morgan fingerprint density at radius 1 is 1.06 bits per heavy atom. The lowest BCUT2D eigenvalue weighted by molar-refractivity contribution is -0.392. The summed E-state index contributed by atoms with van der Waals surface area (Å²) in [6.45, 7) is 0.296. The van der Waals surface area contributed by atoms with E-state index in [4.69, 9.17) is 0 Å². The predicted octanol–water partition coefficient (Wildman–Crippen LogP) is 3.87. The molecule has 0 aliphatic carbocycles. The Morgan fingerprint density at radius 2 is 1.61 bits per heavy atom. The number of amides is 1. The highest BCUT2D eigenvalue weighted by Gasteiger charge is 2.40. The molecule has 1 unspecified atom stereocenters. The molecule has 9 nitrogen and oxygen atoms in total. The van der Waals surface area contributed by atoms with Gasteiger partial charge in [0.05, 0.1) is 15.4 Å². The van der Waals surface area contributed by atoms with Crippen molar-refractivity contribution in [2.24, 2.45) is 0 Å². The molecule has 0 bridgehead atoms. The fourth-order valence-electron chi connectivity index (χ4n) is 3.23. The van der Waals surface area contributed by atoms with E-state index >= 15 is 0 Å². The van der Waals surface area contributed by atoms with Gasteiger partial charge in [-0.25, -0.2) is 4.39 Å². The minimum Gasteiger partial charge on any atom is -0.362 e. The van der Waals surface area contributed by atoms with Gasteiger partial charge in [0.25, 0.3) is 11.4 Å². The molecule has 1 aliphatic heterocycles. The number of carbonyl (C=O) groups excluding carboxylic acids is 1. The highest BCUT2D eigenvalue weighted by Crippen LogP contribution is 2.42. The molecule has 1 fully saturated rings. The van der Waals surface area contributed by atoms with Crippen LogP contribution in [0.1, 0.15) is 17.5 Å². The first kappa shape index (κ1) is 21.9. The fraction of sp³-hybridized carbons (Fsp3) is 0.278. The molecule has 1 heterocycles. The van der Waals surface area contributed by atoms with Gasteiger partial charge < -0.3 is 10.2 Å². The lowest BCUT2D eigenvalue weighted by Crippen LogP contribution is -2.33. The summed E-state index contributed by atoms with van der Waals surface area (Å²) in [4.78, 5) is 34.3. The topological polar surface area (TPSA) is 119 Å². The number of hydrogen-bond acceptors (Lipinski definition) is 6. The van der Waals surface area contributed by atoms with Gasteiger partial charge in [-0.05, 0) is 24.1 Å². The molecule has 13 heteroatoms. The number of halogens is 4. The highest BCUT2D eigenvalue weighted by molar-refractivity contribution is 5.89. The molecule has 2 aromatic rings. The SMILES string of the molecule is O=C1C(Nc2c([N+](=O)[O-])cc(C(F)(F)F)cc2[N+](=O)[O-])CCN1Cc1ccc(F)cc1. The largest absolute Gasteiger partial charge is 0.416 e. The van der Waals surface area contributed by atoms with Crippen molar-refractivity contribution in [3.05, 3.63) is 73.6 Å². The lowest BCUT2D eigenvalue weighted by atomic mass is 10.1. The maximum atomic E-state index is 13.0. The number of alkyl halides is 3. The molecule has 3 rings (SSSR count). The molecule has 1 amide bonds. The first-order valence-corrected chi connectivity index (χ1v) is 8.81. The molecule has 31 heavy (non-hydrogen) atoms. The van der Waals surface area contributed by atoms with Crippen LogP contribution in [0.5, 0.6) is 0 Å². The third-order valence-electron chi connectivity index (χ3n) is 4.72. The first-order chi connectivity index (χ1) is 14.5. The van der Waals surface area contributed by atoms with Gasteiger partial charge in [0, 0.05) is 25.2 Å². The van der Waals surface area contributed by atoms with Crippen LogP contribution in [0.15, 0.2) is 36.4 Å². The quantitative estimate of drug-likeness (QED) is 0.412. The average Bonchev–Trinajstić information content (AvgIpc) is 3.02. The summed E-state index contributed by atoms with van der Waals surface area (Å²) in [5.41, 5.74) is -4.03. The van der Waals surface area contributed by atoms with Crippen molar-refractivity contribution in [1.29, 1.82) is 0 Å². The molecule has 0 saturated carbocycles. The van der Waals surface area contributed by atoms with Crippen molar-refractivity contribution in [2.45, 2.75) is 25.2 Å². The maximum absolute atomic E-state index is 13.0. The van der Waals surface area contributed by atoms with E-state index in [1.165, 1.54) is 29.2 Å². The Hall–Kier alpha value is -3.77. The van der Waals surface area contributed by atoms with Crippen LogP contribution < -0.4 is 5.32 Å². The van der Waals surface area contributed by atoms with E-state index < -0.39 is 56.4 Å². The van der Waals surface area contributed by atoms with E-state index in [1.807, 2.05) is 0 Å². The highest BCUT2D eigenvalue weighted by atomic mass is 19.4. The van der Waals surface area contributed by atoms with E-state index in [0.717, 1.165) is 0 Å². The molecule has 0 spiro atoms. The molecular formula is C18H14F4N4O5. The molecule has 164 valence electrons. The van der Waals surface area contributed by atoms with Gasteiger partial charge in [-0.15, -0.1) is 0 Å². The zero-order valence-corrected chi connectivity index (χ0v) is 15.6. The summed E-state index contributed by atoms with van der Waals surface area (Å²) in [5, 5.41) is 25.0. The van der Waals surface area contributed by atoms with Crippen LogP contribution >= 0.6 is 0 Å². The zero-order chi connectivity index (χ0) is 22.9. The molecule has 0 aromatic heterocycles. The lowest BCUT2D eigenvalue weighted by Gasteiger charge is -2.18. The van der Waals surface area contributed by atoms with Crippen LogP contribution in [-0.2, 0) is 17.5 Å². The number of nitro benzene ring substituents is 2. The molecule has 0 radical (unpaired) electrons. The summed E-state index contributed by atoms with van der Waals surface area (Å²) in [7, 11) is 0. The summed E-state index contributed by atoms with van der Waals surface area (Å²) >= 11 is 0. The van der Waals surface area contributed by atoms with Crippen LogP contribution in [-0.4, -0.2) is 33.2 Å². The Kier molecular flexibility index (Phi) is 5.77. The zero-order valence-electron chi connectivity index (χ0n) is 15.6. The van der Waals surface area contributed by atoms with Crippen molar-refractivity contribution in [3.63, 3.8) is 0 Å². The second-order valence-corrected chi connectivity index (χ2v) is 6.77. The van der Waals surface area contributed by atoms with Gasteiger partial charge >= 0.3 is 6.18 Å². The second kappa shape index (κ2) is 8.16. The van der Waals surface area contributed by atoms with Gasteiger partial charge in [-0.3, -0.25) is 25.0 Å². The van der Waals surface area contributed by atoms with E-state index in [9.17, 15) is 42.6 Å². The van der Waals surface area contributed by atoms with E-state index in [0.29, 0.717) is 5.56 Å². The molecular weight excluding hydrogens is 428 g/mol. The number of anilines is 1. The Labute approximate surface area is 171 Å². The Balaban J connectivity index is 1.89. The van der Waals surface area contributed by atoms with E-state index in [2.05, 4.69) is 5.32 Å². The predicted molar refractivity (Wildman–Crippen MR) is 98.6 cm³/mol. The first-order valence-electron chi connectivity index (χ1n) is 8.81. The minimum absolute atomic E-state index is 0.106. The molecule has 1 atom stereocenters.